The first-order valence-electron chi connectivity index (χ1n) is 4.45. The molecule has 1 heterocycles. The molecule has 2 N–H and O–H groups in total. The van der Waals surface area contributed by atoms with E-state index in [1.54, 1.807) is 0 Å². The zero-order chi connectivity index (χ0) is 9.52. The van der Waals surface area contributed by atoms with Crippen LogP contribution in [0, 0.1) is 11.8 Å². The lowest BCUT2D eigenvalue weighted by atomic mass is 10.4. The van der Waals surface area contributed by atoms with Crippen molar-refractivity contribution in [1.82, 2.24) is 14.8 Å². The molecule has 0 aliphatic carbocycles. The fourth-order valence-corrected chi connectivity index (χ4v) is 0.950. The van der Waals surface area contributed by atoms with Crippen molar-refractivity contribution < 1.29 is 0 Å². The first kappa shape index (κ1) is 9.75. The molecule has 70 valence electrons. The number of hydrogen-bond acceptors (Lipinski definition) is 3. The Hall–Kier alpha value is -1.34. The zero-order valence-corrected chi connectivity index (χ0v) is 7.82. The lowest BCUT2D eigenvalue weighted by Gasteiger charge is -1.96. The molecule has 0 saturated heterocycles. The molecule has 0 amide bonds. The zero-order valence-electron chi connectivity index (χ0n) is 7.82. The predicted octanol–water partition coefficient (Wildman–Crippen LogP) is 0.388. The number of hydrogen-bond donors (Lipinski definition) is 1. The fraction of sp³-hybridized carbons (Fsp3) is 0.556. The van der Waals surface area contributed by atoms with Gasteiger partial charge in [0, 0.05) is 19.5 Å². The Morgan fingerprint density at radius 3 is 3.15 bits per heavy atom. The van der Waals surface area contributed by atoms with E-state index < -0.39 is 0 Å². The molecule has 0 atom stereocenters. The highest BCUT2D eigenvalue weighted by molar-refractivity contribution is 5.19. The van der Waals surface area contributed by atoms with E-state index in [4.69, 9.17) is 5.73 Å². The predicted molar refractivity (Wildman–Crippen MR) is 50.9 cm³/mol. The summed E-state index contributed by atoms with van der Waals surface area (Å²) in [5, 5.41) is 4.06. The minimum atomic E-state index is 0.592. The molecule has 0 aliphatic rings. The summed E-state index contributed by atoms with van der Waals surface area (Å²) in [5.74, 6) is 6.61. The van der Waals surface area contributed by atoms with Crippen molar-refractivity contribution in [2.45, 2.75) is 26.3 Å². The van der Waals surface area contributed by atoms with Gasteiger partial charge in [0.05, 0.1) is 0 Å². The number of nitrogens with two attached hydrogens (primary N) is 1. The highest BCUT2D eigenvalue weighted by atomic mass is 15.3. The van der Waals surface area contributed by atoms with Crippen molar-refractivity contribution in [2.75, 3.05) is 6.54 Å². The molecule has 0 saturated carbocycles. The summed E-state index contributed by atoms with van der Waals surface area (Å²) in [5.41, 5.74) is 5.32. The molecule has 4 heteroatoms. The highest BCUT2D eigenvalue weighted by Crippen LogP contribution is 1.93. The Balaban J connectivity index is 2.66. The Bertz CT molecular complexity index is 305. The van der Waals surface area contributed by atoms with Crippen LogP contribution in [0.15, 0.2) is 6.33 Å². The third-order valence-electron chi connectivity index (χ3n) is 1.52. The quantitative estimate of drug-likeness (QED) is 0.681. The molecule has 0 bridgehead atoms. The first-order chi connectivity index (χ1) is 6.38. The molecular weight excluding hydrogens is 164 g/mol. The molecule has 0 aromatic carbocycles. The maximum Gasteiger partial charge on any atom is 0.203 e. The lowest BCUT2D eigenvalue weighted by molar-refractivity contribution is 0.594. The van der Waals surface area contributed by atoms with Gasteiger partial charge in [-0.15, -0.1) is 0 Å². The first-order valence-corrected chi connectivity index (χ1v) is 4.45. The molecule has 0 fully saturated rings. The van der Waals surface area contributed by atoms with Gasteiger partial charge in [0.25, 0.3) is 0 Å². The molecule has 4 nitrogen and oxygen atoms in total. The molecule has 0 aliphatic heterocycles. The SMILES string of the molecule is CCCn1ncnc1C#CCCN. The lowest BCUT2D eigenvalue weighted by Crippen LogP contribution is -2.02. The van der Waals surface area contributed by atoms with E-state index in [2.05, 4.69) is 28.8 Å². The number of nitrogens with zero attached hydrogens (tertiary/aromatic N) is 3. The molecule has 0 radical (unpaired) electrons. The van der Waals surface area contributed by atoms with Gasteiger partial charge in [-0.3, -0.25) is 0 Å². The Morgan fingerprint density at radius 2 is 2.46 bits per heavy atom. The summed E-state index contributed by atoms with van der Waals surface area (Å²) in [6, 6.07) is 0. The van der Waals surface area contributed by atoms with Gasteiger partial charge in [-0.05, 0) is 12.3 Å². The van der Waals surface area contributed by atoms with Crippen molar-refractivity contribution in [1.29, 1.82) is 0 Å². The van der Waals surface area contributed by atoms with Gasteiger partial charge in [0.15, 0.2) is 0 Å². The monoisotopic (exact) mass is 178 g/mol. The molecule has 13 heavy (non-hydrogen) atoms. The highest BCUT2D eigenvalue weighted by Gasteiger charge is 1.97. The summed E-state index contributed by atoms with van der Waals surface area (Å²) in [6.45, 7) is 3.56. The second kappa shape index (κ2) is 5.33. The number of rotatable bonds is 3. The van der Waals surface area contributed by atoms with Crippen molar-refractivity contribution in [2.24, 2.45) is 5.73 Å². The Labute approximate surface area is 78.2 Å². The smallest absolute Gasteiger partial charge is 0.203 e. The fourth-order valence-electron chi connectivity index (χ4n) is 0.950. The van der Waals surface area contributed by atoms with Crippen LogP contribution in [0.1, 0.15) is 25.6 Å². The molecule has 0 spiro atoms. The normalized spacial score (nSPS) is 9.38. The maximum atomic E-state index is 5.32. The second-order valence-corrected chi connectivity index (χ2v) is 2.65. The molecule has 0 unspecified atom stereocenters. The van der Waals surface area contributed by atoms with Gasteiger partial charge in [-0.1, -0.05) is 12.8 Å². The maximum absolute atomic E-state index is 5.32. The van der Waals surface area contributed by atoms with Crippen LogP contribution >= 0.6 is 0 Å². The molecule has 1 rings (SSSR count). The van der Waals surface area contributed by atoms with Crippen LogP contribution in [-0.4, -0.2) is 21.3 Å². The van der Waals surface area contributed by atoms with Crippen LogP contribution in [-0.2, 0) is 6.54 Å². The van der Waals surface area contributed by atoms with Gasteiger partial charge in [-0.2, -0.15) is 5.10 Å². The average Bonchev–Trinajstić information content (AvgIpc) is 2.54. The van der Waals surface area contributed by atoms with Gasteiger partial charge in [0.1, 0.15) is 6.33 Å². The van der Waals surface area contributed by atoms with Crippen LogP contribution in [0.4, 0.5) is 0 Å². The van der Waals surface area contributed by atoms with E-state index in [1.165, 1.54) is 6.33 Å². The summed E-state index contributed by atoms with van der Waals surface area (Å²) >= 11 is 0. The van der Waals surface area contributed by atoms with E-state index in [-0.39, 0.29) is 0 Å². The summed E-state index contributed by atoms with van der Waals surface area (Å²) in [4.78, 5) is 4.04. The van der Waals surface area contributed by atoms with Crippen LogP contribution in [0.5, 0.6) is 0 Å². The molecular formula is C9H14N4. The van der Waals surface area contributed by atoms with E-state index in [9.17, 15) is 0 Å². The number of aromatic nitrogens is 3. The van der Waals surface area contributed by atoms with E-state index in [1.807, 2.05) is 4.68 Å². The third kappa shape index (κ3) is 2.88. The topological polar surface area (TPSA) is 56.7 Å². The van der Waals surface area contributed by atoms with Crippen molar-refractivity contribution in [3.05, 3.63) is 12.2 Å². The minimum absolute atomic E-state index is 0.592. The Kier molecular flexibility index (Phi) is 4.00. The average molecular weight is 178 g/mol. The third-order valence-corrected chi connectivity index (χ3v) is 1.52. The second-order valence-electron chi connectivity index (χ2n) is 2.65. The number of aryl methyl sites for hydroxylation is 1. The van der Waals surface area contributed by atoms with Crippen LogP contribution in [0.2, 0.25) is 0 Å². The largest absolute Gasteiger partial charge is 0.330 e. The minimum Gasteiger partial charge on any atom is -0.330 e. The molecule has 1 aromatic heterocycles. The molecule has 1 aromatic rings. The Morgan fingerprint density at radius 1 is 1.62 bits per heavy atom. The van der Waals surface area contributed by atoms with Crippen molar-refractivity contribution in [3.8, 4) is 11.8 Å². The van der Waals surface area contributed by atoms with E-state index in [0.717, 1.165) is 18.8 Å². The van der Waals surface area contributed by atoms with Gasteiger partial charge >= 0.3 is 0 Å². The van der Waals surface area contributed by atoms with Crippen LogP contribution < -0.4 is 5.73 Å². The summed E-state index contributed by atoms with van der Waals surface area (Å²) in [7, 11) is 0. The van der Waals surface area contributed by atoms with E-state index in [0.29, 0.717) is 13.0 Å². The van der Waals surface area contributed by atoms with Gasteiger partial charge in [0.2, 0.25) is 5.82 Å². The summed E-state index contributed by atoms with van der Waals surface area (Å²) < 4.78 is 1.81. The van der Waals surface area contributed by atoms with Crippen molar-refractivity contribution >= 4 is 0 Å². The van der Waals surface area contributed by atoms with Gasteiger partial charge in [-0.25, -0.2) is 9.67 Å². The van der Waals surface area contributed by atoms with Crippen molar-refractivity contribution in [3.63, 3.8) is 0 Å². The van der Waals surface area contributed by atoms with Gasteiger partial charge < -0.3 is 5.73 Å². The van der Waals surface area contributed by atoms with Crippen LogP contribution in [0.25, 0.3) is 0 Å². The summed E-state index contributed by atoms with van der Waals surface area (Å²) in [6.07, 6.45) is 3.27. The van der Waals surface area contributed by atoms with Crippen LogP contribution in [0.3, 0.4) is 0 Å². The van der Waals surface area contributed by atoms with E-state index >= 15 is 0 Å². The standard InChI is InChI=1S/C9H14N4/c1-2-7-13-9(11-8-12-13)5-3-4-6-10/h8H,2,4,6-7,10H2,1H3.